The van der Waals surface area contributed by atoms with E-state index in [1.807, 2.05) is 0 Å². The molecule has 1 aromatic carbocycles. The fourth-order valence-electron chi connectivity index (χ4n) is 1.76. The highest BCUT2D eigenvalue weighted by molar-refractivity contribution is 5.93. The second kappa shape index (κ2) is 10.0. The Bertz CT molecular complexity index is 602. The molecule has 0 spiro atoms. The summed E-state index contributed by atoms with van der Waals surface area (Å²) in [7, 11) is 1.29. The van der Waals surface area contributed by atoms with Crippen LogP contribution in [-0.4, -0.2) is 38.8 Å². The van der Waals surface area contributed by atoms with Gasteiger partial charge in [0, 0.05) is 23.1 Å². The van der Waals surface area contributed by atoms with E-state index in [2.05, 4.69) is 20.1 Å². The number of halogens is 1. The van der Waals surface area contributed by atoms with Crippen LogP contribution >= 0.6 is 0 Å². The number of methoxy groups -OCH3 is 1. The smallest absolute Gasteiger partial charge is 0.305 e. The summed E-state index contributed by atoms with van der Waals surface area (Å²) in [4.78, 5) is 25.4. The topological polar surface area (TPSA) is 113 Å². The zero-order chi connectivity index (χ0) is 17.1. The first-order valence-electron chi connectivity index (χ1n) is 6.80. The number of benzene rings is 1. The molecule has 1 aromatic rings. The molecule has 1 rings (SSSR count). The van der Waals surface area contributed by atoms with Crippen molar-refractivity contribution in [2.24, 2.45) is 5.11 Å². The van der Waals surface area contributed by atoms with Crippen LogP contribution in [0.25, 0.3) is 10.4 Å². The molecule has 0 aliphatic rings. The third-order valence-electron chi connectivity index (χ3n) is 2.80. The molecule has 23 heavy (non-hydrogen) atoms. The van der Waals surface area contributed by atoms with Gasteiger partial charge >= 0.3 is 5.97 Å². The Morgan fingerprint density at radius 2 is 2.22 bits per heavy atom. The Hall–Kier alpha value is -2.80. The molecule has 0 radical (unpaired) electrons. The summed E-state index contributed by atoms with van der Waals surface area (Å²) in [5.74, 6) is -0.512. The molecule has 0 atom stereocenters. The zero-order valence-electron chi connectivity index (χ0n) is 12.6. The SMILES string of the molecule is COC(=O)CCc1ccc(OCCF)cc1NC(=O)CN=[N+]=[N-]. The van der Waals surface area contributed by atoms with Crippen LogP contribution in [0.4, 0.5) is 10.1 Å². The average molecular weight is 324 g/mol. The van der Waals surface area contributed by atoms with Gasteiger partial charge in [0.15, 0.2) is 0 Å². The number of nitrogens with zero attached hydrogens (tertiary/aromatic N) is 3. The van der Waals surface area contributed by atoms with E-state index >= 15 is 0 Å². The van der Waals surface area contributed by atoms with Gasteiger partial charge < -0.3 is 14.8 Å². The van der Waals surface area contributed by atoms with E-state index in [9.17, 15) is 14.0 Å². The Kier molecular flexibility index (Phi) is 7.95. The van der Waals surface area contributed by atoms with Crippen LogP contribution < -0.4 is 10.1 Å². The van der Waals surface area contributed by atoms with Gasteiger partial charge in [-0.15, -0.1) is 0 Å². The molecular weight excluding hydrogens is 307 g/mol. The third kappa shape index (κ3) is 6.66. The lowest BCUT2D eigenvalue weighted by molar-refractivity contribution is -0.140. The second-order valence-corrected chi connectivity index (χ2v) is 4.37. The first kappa shape index (κ1) is 18.2. The molecule has 0 aliphatic heterocycles. The van der Waals surface area contributed by atoms with Crippen LogP contribution in [0.1, 0.15) is 12.0 Å². The van der Waals surface area contributed by atoms with Crippen LogP contribution in [-0.2, 0) is 20.7 Å². The van der Waals surface area contributed by atoms with E-state index < -0.39 is 12.6 Å². The molecule has 0 aromatic heterocycles. The van der Waals surface area contributed by atoms with E-state index in [4.69, 9.17) is 10.3 Å². The van der Waals surface area contributed by atoms with Gasteiger partial charge in [0.05, 0.1) is 7.11 Å². The van der Waals surface area contributed by atoms with Crippen molar-refractivity contribution in [2.45, 2.75) is 12.8 Å². The maximum Gasteiger partial charge on any atom is 0.305 e. The van der Waals surface area contributed by atoms with Crippen molar-refractivity contribution in [3.63, 3.8) is 0 Å². The number of nitrogens with one attached hydrogen (secondary N) is 1. The van der Waals surface area contributed by atoms with Crippen molar-refractivity contribution in [3.8, 4) is 5.75 Å². The van der Waals surface area contributed by atoms with Crippen molar-refractivity contribution in [2.75, 3.05) is 32.3 Å². The standard InChI is InChI=1S/C14H17FN4O4/c1-22-14(21)5-3-10-2-4-11(23-7-6-15)8-12(10)18-13(20)9-17-19-16/h2,4,8H,3,5-7,9H2,1H3,(H,18,20). The van der Waals surface area contributed by atoms with E-state index in [-0.39, 0.29) is 25.5 Å². The van der Waals surface area contributed by atoms with Crippen molar-refractivity contribution in [1.82, 2.24) is 0 Å². The molecule has 0 heterocycles. The lowest BCUT2D eigenvalue weighted by Gasteiger charge is -2.13. The van der Waals surface area contributed by atoms with Gasteiger partial charge in [0.2, 0.25) is 5.91 Å². The third-order valence-corrected chi connectivity index (χ3v) is 2.80. The highest BCUT2D eigenvalue weighted by atomic mass is 19.1. The van der Waals surface area contributed by atoms with Gasteiger partial charge in [-0.05, 0) is 23.6 Å². The van der Waals surface area contributed by atoms with Crippen LogP contribution in [0.3, 0.4) is 0 Å². The van der Waals surface area contributed by atoms with Gasteiger partial charge in [0.25, 0.3) is 0 Å². The largest absolute Gasteiger partial charge is 0.491 e. The average Bonchev–Trinajstić information content (AvgIpc) is 2.56. The minimum atomic E-state index is -0.636. The fourth-order valence-corrected chi connectivity index (χ4v) is 1.76. The monoisotopic (exact) mass is 324 g/mol. The Morgan fingerprint density at radius 3 is 2.87 bits per heavy atom. The summed E-state index contributed by atoms with van der Waals surface area (Å²) in [6, 6.07) is 4.81. The quantitative estimate of drug-likeness (QED) is 0.325. The van der Waals surface area contributed by atoms with E-state index in [0.29, 0.717) is 23.4 Å². The fraction of sp³-hybridized carbons (Fsp3) is 0.429. The number of carbonyl (C=O) groups is 2. The number of amides is 1. The first-order valence-corrected chi connectivity index (χ1v) is 6.80. The number of carbonyl (C=O) groups excluding carboxylic acids is 2. The molecule has 0 saturated carbocycles. The summed E-state index contributed by atoms with van der Waals surface area (Å²) >= 11 is 0. The lowest BCUT2D eigenvalue weighted by Crippen LogP contribution is -2.16. The number of aryl methyl sites for hydroxylation is 1. The maximum absolute atomic E-state index is 12.2. The Labute approximate surface area is 132 Å². The summed E-state index contributed by atoms with van der Waals surface area (Å²) in [6.45, 7) is -1.10. The zero-order valence-corrected chi connectivity index (χ0v) is 12.6. The maximum atomic E-state index is 12.2. The number of ether oxygens (including phenoxy) is 2. The lowest BCUT2D eigenvalue weighted by atomic mass is 10.1. The van der Waals surface area contributed by atoms with Crippen molar-refractivity contribution < 1.29 is 23.5 Å². The van der Waals surface area contributed by atoms with Gasteiger partial charge in [0.1, 0.15) is 25.6 Å². The predicted molar refractivity (Wildman–Crippen MR) is 80.9 cm³/mol. The number of hydrogen-bond acceptors (Lipinski definition) is 5. The Morgan fingerprint density at radius 1 is 1.43 bits per heavy atom. The summed E-state index contributed by atoms with van der Waals surface area (Å²) in [6.07, 6.45) is 0.480. The molecule has 8 nitrogen and oxygen atoms in total. The predicted octanol–water partition coefficient (Wildman–Crippen LogP) is 2.39. The van der Waals surface area contributed by atoms with E-state index in [1.165, 1.54) is 13.2 Å². The van der Waals surface area contributed by atoms with E-state index in [1.54, 1.807) is 12.1 Å². The van der Waals surface area contributed by atoms with Crippen molar-refractivity contribution in [1.29, 1.82) is 0 Å². The second-order valence-electron chi connectivity index (χ2n) is 4.37. The van der Waals surface area contributed by atoms with Crippen LogP contribution in [0.2, 0.25) is 0 Å². The number of rotatable bonds is 9. The summed E-state index contributed by atoms with van der Waals surface area (Å²) in [5, 5.41) is 5.74. The normalized spacial score (nSPS) is 9.65. The van der Waals surface area contributed by atoms with Gasteiger partial charge in [-0.1, -0.05) is 11.2 Å². The highest BCUT2D eigenvalue weighted by Gasteiger charge is 2.10. The van der Waals surface area contributed by atoms with Crippen LogP contribution in [0, 0.1) is 0 Å². The molecule has 0 fully saturated rings. The van der Waals surface area contributed by atoms with Crippen LogP contribution in [0.15, 0.2) is 23.3 Å². The molecule has 1 N–H and O–H groups in total. The number of azide groups is 1. The molecule has 0 unspecified atom stereocenters. The van der Waals surface area contributed by atoms with Crippen molar-refractivity contribution >= 4 is 17.6 Å². The number of anilines is 1. The Balaban J connectivity index is 2.90. The molecule has 0 bridgehead atoms. The molecule has 0 saturated heterocycles. The van der Waals surface area contributed by atoms with Gasteiger partial charge in [-0.25, -0.2) is 4.39 Å². The molecule has 1 amide bonds. The van der Waals surface area contributed by atoms with Crippen LogP contribution in [0.5, 0.6) is 5.75 Å². The van der Waals surface area contributed by atoms with E-state index in [0.717, 1.165) is 0 Å². The van der Waals surface area contributed by atoms with Crippen molar-refractivity contribution in [3.05, 3.63) is 34.2 Å². The summed E-state index contributed by atoms with van der Waals surface area (Å²) < 4.78 is 21.9. The number of alkyl halides is 1. The summed E-state index contributed by atoms with van der Waals surface area (Å²) in [5.41, 5.74) is 9.30. The number of hydrogen-bond donors (Lipinski definition) is 1. The minimum absolute atomic E-state index is 0.104. The van der Waals surface area contributed by atoms with Gasteiger partial charge in [-0.2, -0.15) is 0 Å². The molecule has 0 aliphatic carbocycles. The molecule has 9 heteroatoms. The highest BCUT2D eigenvalue weighted by Crippen LogP contribution is 2.24. The minimum Gasteiger partial charge on any atom is -0.491 e. The van der Waals surface area contributed by atoms with Gasteiger partial charge in [-0.3, -0.25) is 9.59 Å². The molecular formula is C14H17FN4O4. The number of esters is 1. The first-order chi connectivity index (χ1) is 11.1. The molecule has 124 valence electrons.